The lowest BCUT2D eigenvalue weighted by atomic mass is 10.2. The number of benzene rings is 1. The second-order valence-electron chi connectivity index (χ2n) is 6.27. The number of rotatable bonds is 4. The summed E-state index contributed by atoms with van der Waals surface area (Å²) in [5, 5.41) is 4.34. The largest absolute Gasteiger partial charge is 0.436 e. The van der Waals surface area contributed by atoms with Crippen molar-refractivity contribution in [3.63, 3.8) is 0 Å². The van der Waals surface area contributed by atoms with Gasteiger partial charge in [-0.2, -0.15) is 18.3 Å². The molecule has 0 spiro atoms. The van der Waals surface area contributed by atoms with Crippen molar-refractivity contribution in [2.75, 3.05) is 5.32 Å². The number of carbonyl (C=O) groups excluding carboxylic acids is 1. The zero-order valence-corrected chi connectivity index (χ0v) is 14.7. The van der Waals surface area contributed by atoms with E-state index in [-0.39, 0.29) is 17.7 Å². The number of hydrogen-bond donors (Lipinski definition) is 1. The molecule has 2 aromatic rings. The highest BCUT2D eigenvalue weighted by atomic mass is 35.5. The standard InChI is InChI=1S/C16H11ClF7N3O/c1-5(15(28)25-12-10(20)7(18)4-8(19)11(12)21)27-13(6-2-3-6)9(17)14(26-27)16(22,23)24/h4-6H,2-3H2,1H3,(H,25,28). The number of nitrogens with one attached hydrogen (secondary N) is 1. The van der Waals surface area contributed by atoms with Gasteiger partial charge in [-0.1, -0.05) is 11.6 Å². The van der Waals surface area contributed by atoms with E-state index in [1.54, 1.807) is 5.32 Å². The van der Waals surface area contributed by atoms with Gasteiger partial charge in [-0.25, -0.2) is 17.6 Å². The second-order valence-corrected chi connectivity index (χ2v) is 6.65. The van der Waals surface area contributed by atoms with Crippen molar-refractivity contribution in [1.82, 2.24) is 9.78 Å². The van der Waals surface area contributed by atoms with Crippen LogP contribution in [0.3, 0.4) is 0 Å². The lowest BCUT2D eigenvalue weighted by Crippen LogP contribution is -2.27. The van der Waals surface area contributed by atoms with Crippen LogP contribution in [0, 0.1) is 23.3 Å². The quantitative estimate of drug-likeness (QED) is 0.537. The van der Waals surface area contributed by atoms with Gasteiger partial charge < -0.3 is 5.32 Å². The lowest BCUT2D eigenvalue weighted by Gasteiger charge is -2.16. The zero-order valence-electron chi connectivity index (χ0n) is 14.0. The molecule has 4 nitrogen and oxygen atoms in total. The minimum Gasteiger partial charge on any atom is -0.319 e. The van der Waals surface area contributed by atoms with E-state index in [0.717, 1.165) is 6.92 Å². The minimum absolute atomic E-state index is 0.0389. The van der Waals surface area contributed by atoms with Crippen LogP contribution in [0.25, 0.3) is 0 Å². The molecular weight excluding hydrogens is 419 g/mol. The number of amides is 1. The number of aromatic nitrogens is 2. The van der Waals surface area contributed by atoms with E-state index in [1.807, 2.05) is 0 Å². The average Bonchev–Trinajstić information content (AvgIpc) is 3.37. The smallest absolute Gasteiger partial charge is 0.319 e. The Balaban J connectivity index is 1.97. The van der Waals surface area contributed by atoms with Gasteiger partial charge in [-0.05, 0) is 19.8 Å². The van der Waals surface area contributed by atoms with E-state index in [2.05, 4.69) is 5.10 Å². The maximum atomic E-state index is 13.7. The van der Waals surface area contributed by atoms with E-state index < -0.39 is 57.8 Å². The molecule has 1 N–H and O–H groups in total. The molecule has 1 fully saturated rings. The number of alkyl halides is 3. The summed E-state index contributed by atoms with van der Waals surface area (Å²) in [6.45, 7) is 1.11. The van der Waals surface area contributed by atoms with Crippen LogP contribution in [0.5, 0.6) is 0 Å². The molecule has 12 heteroatoms. The van der Waals surface area contributed by atoms with Crippen LogP contribution in [-0.4, -0.2) is 15.7 Å². The van der Waals surface area contributed by atoms with E-state index in [1.165, 1.54) is 0 Å². The van der Waals surface area contributed by atoms with Gasteiger partial charge in [0.15, 0.2) is 29.0 Å². The van der Waals surface area contributed by atoms with Crippen LogP contribution in [0.15, 0.2) is 6.07 Å². The van der Waals surface area contributed by atoms with Crippen LogP contribution in [-0.2, 0) is 11.0 Å². The predicted molar refractivity (Wildman–Crippen MR) is 83.8 cm³/mol. The van der Waals surface area contributed by atoms with Crippen LogP contribution >= 0.6 is 11.6 Å². The Hall–Kier alpha value is -2.30. The Morgan fingerprint density at radius 2 is 1.75 bits per heavy atom. The van der Waals surface area contributed by atoms with Gasteiger partial charge in [0.25, 0.3) is 0 Å². The summed E-state index contributed by atoms with van der Waals surface area (Å²) < 4.78 is 94.0. The highest BCUT2D eigenvalue weighted by Gasteiger charge is 2.43. The summed E-state index contributed by atoms with van der Waals surface area (Å²) in [6.07, 6.45) is -3.84. The Morgan fingerprint density at radius 1 is 1.21 bits per heavy atom. The van der Waals surface area contributed by atoms with Crippen molar-refractivity contribution in [3.8, 4) is 0 Å². The second kappa shape index (κ2) is 6.94. The molecule has 1 aromatic heterocycles. The third-order valence-corrected chi connectivity index (χ3v) is 4.60. The van der Waals surface area contributed by atoms with Crippen molar-refractivity contribution in [3.05, 3.63) is 45.7 Å². The molecule has 1 heterocycles. The van der Waals surface area contributed by atoms with Crippen molar-refractivity contribution >= 4 is 23.2 Å². The maximum Gasteiger partial charge on any atom is 0.436 e. The number of carbonyl (C=O) groups is 1. The Kier molecular flexibility index (Phi) is 5.07. The van der Waals surface area contributed by atoms with E-state index in [4.69, 9.17) is 11.6 Å². The molecule has 1 amide bonds. The SMILES string of the molecule is CC(C(=O)Nc1c(F)c(F)cc(F)c1F)n1nc(C(F)(F)F)c(Cl)c1C1CC1. The lowest BCUT2D eigenvalue weighted by molar-refractivity contribution is -0.141. The molecule has 0 aliphatic heterocycles. The molecule has 1 aromatic carbocycles. The monoisotopic (exact) mass is 429 g/mol. The molecule has 1 aliphatic carbocycles. The number of nitrogens with zero attached hydrogens (tertiary/aromatic N) is 2. The fourth-order valence-electron chi connectivity index (χ4n) is 2.65. The Morgan fingerprint density at radius 3 is 2.21 bits per heavy atom. The Labute approximate surface area is 158 Å². The first-order chi connectivity index (χ1) is 12.9. The van der Waals surface area contributed by atoms with Crippen LogP contribution in [0.1, 0.15) is 43.1 Å². The highest BCUT2D eigenvalue weighted by molar-refractivity contribution is 6.32. The van der Waals surface area contributed by atoms with Crippen LogP contribution in [0.2, 0.25) is 5.02 Å². The molecule has 152 valence electrons. The molecule has 0 radical (unpaired) electrons. The summed E-state index contributed by atoms with van der Waals surface area (Å²) in [4.78, 5) is 12.3. The highest BCUT2D eigenvalue weighted by Crippen LogP contribution is 2.47. The maximum absolute atomic E-state index is 13.7. The summed E-state index contributed by atoms with van der Waals surface area (Å²) >= 11 is 5.80. The minimum atomic E-state index is -4.88. The number of hydrogen-bond acceptors (Lipinski definition) is 2. The van der Waals surface area contributed by atoms with Gasteiger partial charge >= 0.3 is 6.18 Å². The molecule has 0 saturated heterocycles. The normalized spacial score (nSPS) is 15.6. The van der Waals surface area contributed by atoms with E-state index in [9.17, 15) is 35.5 Å². The van der Waals surface area contributed by atoms with E-state index >= 15 is 0 Å². The molecule has 1 unspecified atom stereocenters. The topological polar surface area (TPSA) is 46.9 Å². The zero-order chi connectivity index (χ0) is 21.0. The van der Waals surface area contributed by atoms with Gasteiger partial charge in [0.1, 0.15) is 11.7 Å². The molecule has 28 heavy (non-hydrogen) atoms. The predicted octanol–water partition coefficient (Wildman–Crippen LogP) is 5.19. The third-order valence-electron chi connectivity index (χ3n) is 4.23. The summed E-state index contributed by atoms with van der Waals surface area (Å²) in [7, 11) is 0. The Bertz CT molecular complexity index is 927. The molecule has 3 rings (SSSR count). The first-order valence-corrected chi connectivity index (χ1v) is 8.30. The molecule has 1 atom stereocenters. The molecule has 1 saturated carbocycles. The molecular formula is C16H11ClF7N3O. The van der Waals surface area contributed by atoms with Gasteiger partial charge in [-0.3, -0.25) is 9.48 Å². The molecule has 1 aliphatic rings. The average molecular weight is 430 g/mol. The van der Waals surface area contributed by atoms with Crippen molar-refractivity contribution in [1.29, 1.82) is 0 Å². The summed E-state index contributed by atoms with van der Waals surface area (Å²) in [5.74, 6) is -8.79. The number of halogens is 8. The summed E-state index contributed by atoms with van der Waals surface area (Å²) in [5.41, 5.74) is -2.83. The van der Waals surface area contributed by atoms with Gasteiger partial charge in [0.2, 0.25) is 5.91 Å². The first-order valence-electron chi connectivity index (χ1n) is 7.92. The van der Waals surface area contributed by atoms with Gasteiger partial charge in [0, 0.05) is 12.0 Å². The van der Waals surface area contributed by atoms with Crippen molar-refractivity contribution in [2.24, 2.45) is 0 Å². The molecule has 0 bridgehead atoms. The van der Waals surface area contributed by atoms with Crippen molar-refractivity contribution in [2.45, 2.75) is 37.9 Å². The van der Waals surface area contributed by atoms with E-state index in [0.29, 0.717) is 17.5 Å². The fraction of sp³-hybridized carbons (Fsp3) is 0.375. The van der Waals surface area contributed by atoms with Gasteiger partial charge in [-0.15, -0.1) is 0 Å². The van der Waals surface area contributed by atoms with Crippen LogP contribution in [0.4, 0.5) is 36.4 Å². The van der Waals surface area contributed by atoms with Gasteiger partial charge in [0.05, 0.1) is 10.7 Å². The fourth-order valence-corrected chi connectivity index (χ4v) is 3.03. The number of anilines is 1. The van der Waals surface area contributed by atoms with Crippen molar-refractivity contribution < 1.29 is 35.5 Å². The third kappa shape index (κ3) is 3.54. The first kappa shape index (κ1) is 20.4. The summed E-state index contributed by atoms with van der Waals surface area (Å²) in [6, 6.07) is -1.55. The van der Waals surface area contributed by atoms with Crippen LogP contribution < -0.4 is 5.32 Å².